The average Bonchev–Trinajstić information content (AvgIpc) is 2.35. The van der Waals surface area contributed by atoms with Crippen LogP contribution in [0.5, 0.6) is 0 Å². The lowest BCUT2D eigenvalue weighted by atomic mass is 10.4. The zero-order valence-corrected chi connectivity index (χ0v) is 6.50. The molecule has 2 amide bonds. The summed E-state index contributed by atoms with van der Waals surface area (Å²) in [4.78, 5) is 25.0. The van der Waals surface area contributed by atoms with Crippen molar-refractivity contribution < 1.29 is 14.7 Å². The summed E-state index contributed by atoms with van der Waals surface area (Å²) in [5, 5.41) is 13.3. The molecule has 3 N–H and O–H groups in total. The number of nitrogens with one attached hydrogen (secondary N) is 2. The van der Waals surface area contributed by atoms with Gasteiger partial charge in [-0.05, 0) is 6.92 Å². The van der Waals surface area contributed by atoms with E-state index in [4.69, 9.17) is 5.11 Å². The topological polar surface area (TPSA) is 90.8 Å². The molecule has 0 aliphatic carbocycles. The van der Waals surface area contributed by atoms with E-state index in [2.05, 4.69) is 15.6 Å². The Morgan fingerprint density at radius 1 is 1.83 bits per heavy atom. The van der Waals surface area contributed by atoms with Gasteiger partial charge in [-0.2, -0.15) is 0 Å². The third-order valence-corrected chi connectivity index (χ3v) is 1.26. The molecular formula is C6H9N3O3. The third-order valence-electron chi connectivity index (χ3n) is 1.26. The molecule has 1 aliphatic heterocycles. The molecule has 0 aromatic rings. The molecule has 0 unspecified atom stereocenters. The van der Waals surface area contributed by atoms with Gasteiger partial charge in [0, 0.05) is 0 Å². The Bertz CT molecular complexity index is 246. The second kappa shape index (κ2) is 3.31. The van der Waals surface area contributed by atoms with Gasteiger partial charge in [-0.1, -0.05) is 0 Å². The third kappa shape index (κ3) is 2.03. The number of hydrogen-bond donors (Lipinski definition) is 3. The summed E-state index contributed by atoms with van der Waals surface area (Å²) in [6, 6.07) is 0. The highest BCUT2D eigenvalue weighted by atomic mass is 16.3. The van der Waals surface area contributed by atoms with Crippen LogP contribution >= 0.6 is 0 Å². The molecule has 66 valence electrons. The van der Waals surface area contributed by atoms with Crippen molar-refractivity contribution in [2.75, 3.05) is 6.54 Å². The first-order valence-electron chi connectivity index (χ1n) is 3.43. The van der Waals surface area contributed by atoms with Crippen molar-refractivity contribution in [1.29, 1.82) is 0 Å². The molecule has 1 heterocycles. The molecule has 12 heavy (non-hydrogen) atoms. The fraction of sp³-hybridized carbons (Fsp3) is 0.500. The van der Waals surface area contributed by atoms with Gasteiger partial charge < -0.3 is 5.11 Å². The minimum absolute atomic E-state index is 0.0232. The summed E-state index contributed by atoms with van der Waals surface area (Å²) >= 11 is 0. The number of carbonyl (C=O) groups is 2. The highest BCUT2D eigenvalue weighted by Gasteiger charge is 2.17. The molecule has 1 atom stereocenters. The van der Waals surface area contributed by atoms with Crippen LogP contribution in [0.1, 0.15) is 6.92 Å². The lowest BCUT2D eigenvalue weighted by molar-refractivity contribution is -0.126. The molecule has 1 rings (SSSR count). The van der Waals surface area contributed by atoms with Gasteiger partial charge >= 0.3 is 0 Å². The van der Waals surface area contributed by atoms with E-state index in [1.807, 2.05) is 0 Å². The normalized spacial score (nSPS) is 18.2. The number of hydrogen-bond acceptors (Lipinski definition) is 4. The minimum atomic E-state index is -1.11. The van der Waals surface area contributed by atoms with Gasteiger partial charge in [0.1, 0.15) is 12.6 Å². The number of nitrogens with zero attached hydrogens (tertiary/aromatic N) is 1. The van der Waals surface area contributed by atoms with Crippen LogP contribution in [0.2, 0.25) is 0 Å². The van der Waals surface area contributed by atoms with Gasteiger partial charge in [-0.3, -0.25) is 20.2 Å². The van der Waals surface area contributed by atoms with Gasteiger partial charge in [-0.25, -0.2) is 4.99 Å². The SMILES string of the molecule is C[C@H](O)C(=O)NC1=NCC(=O)N1. The first-order valence-corrected chi connectivity index (χ1v) is 3.43. The number of guanidine groups is 1. The Morgan fingerprint density at radius 3 is 2.92 bits per heavy atom. The van der Waals surface area contributed by atoms with Crippen molar-refractivity contribution in [3.05, 3.63) is 0 Å². The van der Waals surface area contributed by atoms with Crippen LogP contribution in [0.4, 0.5) is 0 Å². The fourth-order valence-electron chi connectivity index (χ4n) is 0.654. The predicted octanol–water partition coefficient (Wildman–Crippen LogP) is -2.03. The zero-order chi connectivity index (χ0) is 9.14. The highest BCUT2D eigenvalue weighted by Crippen LogP contribution is 1.85. The lowest BCUT2D eigenvalue weighted by Crippen LogP contribution is -2.43. The first-order chi connectivity index (χ1) is 5.59. The predicted molar refractivity (Wildman–Crippen MR) is 40.3 cm³/mol. The van der Waals surface area contributed by atoms with E-state index >= 15 is 0 Å². The smallest absolute Gasteiger partial charge is 0.255 e. The molecule has 0 radical (unpaired) electrons. The Kier molecular flexibility index (Phi) is 2.39. The number of aliphatic hydroxyl groups is 1. The van der Waals surface area contributed by atoms with E-state index in [0.29, 0.717) is 0 Å². The maximum atomic E-state index is 10.8. The average molecular weight is 171 g/mol. The summed E-state index contributed by atoms with van der Waals surface area (Å²) in [5.41, 5.74) is 0. The van der Waals surface area contributed by atoms with E-state index < -0.39 is 12.0 Å². The number of aliphatic hydroxyl groups excluding tert-OH is 1. The number of rotatable bonds is 1. The number of carbonyl (C=O) groups excluding carboxylic acids is 2. The van der Waals surface area contributed by atoms with Gasteiger partial charge in [0.05, 0.1) is 0 Å². The molecule has 0 bridgehead atoms. The molecule has 0 spiro atoms. The van der Waals surface area contributed by atoms with Crippen molar-refractivity contribution in [3.63, 3.8) is 0 Å². The van der Waals surface area contributed by atoms with Crippen molar-refractivity contribution >= 4 is 17.8 Å². The highest BCUT2D eigenvalue weighted by molar-refractivity contribution is 6.09. The van der Waals surface area contributed by atoms with Crippen LogP contribution in [-0.4, -0.2) is 35.5 Å². The standard InChI is InChI=1S/C6H9N3O3/c1-3(10)5(12)9-6-7-2-4(11)8-6/h3,10H,2H2,1H3,(H2,7,8,9,11,12)/t3-/m0/s1. The molecule has 0 fully saturated rings. The zero-order valence-electron chi connectivity index (χ0n) is 6.50. The summed E-state index contributed by atoms with van der Waals surface area (Å²) < 4.78 is 0. The molecule has 0 aromatic carbocycles. The maximum Gasteiger partial charge on any atom is 0.255 e. The van der Waals surface area contributed by atoms with E-state index in [9.17, 15) is 9.59 Å². The van der Waals surface area contributed by atoms with Gasteiger partial charge in [-0.15, -0.1) is 0 Å². The van der Waals surface area contributed by atoms with Crippen LogP contribution in [0.25, 0.3) is 0 Å². The van der Waals surface area contributed by atoms with E-state index in [-0.39, 0.29) is 18.4 Å². The van der Waals surface area contributed by atoms with Crippen molar-refractivity contribution in [1.82, 2.24) is 10.6 Å². The van der Waals surface area contributed by atoms with Crippen LogP contribution < -0.4 is 10.6 Å². The van der Waals surface area contributed by atoms with Crippen LogP contribution in [0.15, 0.2) is 4.99 Å². The molecule has 0 saturated carbocycles. The Balaban J connectivity index is 2.43. The first kappa shape index (κ1) is 8.66. The quantitative estimate of drug-likeness (QED) is 0.425. The number of aliphatic imine (C=N–C) groups is 1. The second-order valence-electron chi connectivity index (χ2n) is 2.38. The van der Waals surface area contributed by atoms with Crippen LogP contribution in [0, 0.1) is 0 Å². The van der Waals surface area contributed by atoms with Gasteiger partial charge in [0.2, 0.25) is 11.9 Å². The lowest BCUT2D eigenvalue weighted by Gasteiger charge is -2.05. The molecule has 6 heteroatoms. The maximum absolute atomic E-state index is 10.8. The van der Waals surface area contributed by atoms with E-state index in [1.54, 1.807) is 0 Å². The minimum Gasteiger partial charge on any atom is -0.384 e. The van der Waals surface area contributed by atoms with Gasteiger partial charge in [0.15, 0.2) is 0 Å². The molecule has 0 saturated heterocycles. The largest absolute Gasteiger partial charge is 0.384 e. The monoisotopic (exact) mass is 171 g/mol. The van der Waals surface area contributed by atoms with Crippen LogP contribution in [-0.2, 0) is 9.59 Å². The Morgan fingerprint density at radius 2 is 2.50 bits per heavy atom. The number of amides is 2. The summed E-state index contributed by atoms with van der Waals surface area (Å²) in [6.45, 7) is 1.35. The summed E-state index contributed by atoms with van der Waals surface area (Å²) in [5.74, 6) is -0.752. The fourth-order valence-corrected chi connectivity index (χ4v) is 0.654. The Hall–Kier alpha value is -1.43. The molecule has 6 nitrogen and oxygen atoms in total. The summed E-state index contributed by atoms with van der Waals surface area (Å²) in [7, 11) is 0. The molecular weight excluding hydrogens is 162 g/mol. The second-order valence-corrected chi connectivity index (χ2v) is 2.38. The van der Waals surface area contributed by atoms with Crippen LogP contribution in [0.3, 0.4) is 0 Å². The Labute approximate surface area is 68.7 Å². The molecule has 1 aliphatic rings. The molecule has 0 aromatic heterocycles. The van der Waals surface area contributed by atoms with Crippen molar-refractivity contribution in [2.24, 2.45) is 4.99 Å². The summed E-state index contributed by atoms with van der Waals surface area (Å²) in [6.07, 6.45) is -1.11. The van der Waals surface area contributed by atoms with Crippen molar-refractivity contribution in [2.45, 2.75) is 13.0 Å². The van der Waals surface area contributed by atoms with E-state index in [0.717, 1.165) is 0 Å². The van der Waals surface area contributed by atoms with Gasteiger partial charge in [0.25, 0.3) is 5.91 Å². The van der Waals surface area contributed by atoms with E-state index in [1.165, 1.54) is 6.92 Å². The van der Waals surface area contributed by atoms with Crippen molar-refractivity contribution in [3.8, 4) is 0 Å².